The zero-order valence-corrected chi connectivity index (χ0v) is 15.5. The fourth-order valence-electron chi connectivity index (χ4n) is 2.88. The largest absolute Gasteiger partial charge is 0.346 e. The third-order valence-corrected chi connectivity index (χ3v) is 4.23. The lowest BCUT2D eigenvalue weighted by Gasteiger charge is -2.04. The average molecular weight is 372 g/mol. The van der Waals surface area contributed by atoms with E-state index in [9.17, 15) is 14.9 Å². The van der Waals surface area contributed by atoms with Gasteiger partial charge in [-0.1, -0.05) is 0 Å². The number of carbonyl (C=O) groups excluding carboxylic acids is 1. The van der Waals surface area contributed by atoms with Crippen molar-refractivity contribution in [1.82, 2.24) is 34.7 Å². The fraction of sp³-hybridized carbons (Fsp3) is 0.375. The monoisotopic (exact) mass is 372 g/mol. The summed E-state index contributed by atoms with van der Waals surface area (Å²) in [7, 11) is 1.82. The molecule has 0 aliphatic heterocycles. The second kappa shape index (κ2) is 7.02. The van der Waals surface area contributed by atoms with Crippen molar-refractivity contribution in [3.63, 3.8) is 0 Å². The van der Waals surface area contributed by atoms with Crippen molar-refractivity contribution in [2.45, 2.75) is 34.0 Å². The van der Waals surface area contributed by atoms with E-state index in [0.29, 0.717) is 17.9 Å². The van der Waals surface area contributed by atoms with Gasteiger partial charge in [0.15, 0.2) is 0 Å². The number of aryl methyl sites for hydroxylation is 3. The van der Waals surface area contributed by atoms with Crippen molar-refractivity contribution in [3.8, 4) is 0 Å². The van der Waals surface area contributed by atoms with Crippen LogP contribution in [0.1, 0.15) is 33.1 Å². The maximum atomic E-state index is 12.3. The first-order valence-corrected chi connectivity index (χ1v) is 8.25. The molecule has 0 fully saturated rings. The van der Waals surface area contributed by atoms with Gasteiger partial charge in [0.25, 0.3) is 5.91 Å². The number of nitrogens with one attached hydrogen (secondary N) is 1. The molecule has 3 aromatic heterocycles. The van der Waals surface area contributed by atoms with Crippen molar-refractivity contribution in [3.05, 3.63) is 56.9 Å². The zero-order valence-electron chi connectivity index (χ0n) is 15.5. The maximum absolute atomic E-state index is 12.3. The predicted molar refractivity (Wildman–Crippen MR) is 95.1 cm³/mol. The lowest BCUT2D eigenvalue weighted by atomic mass is 10.2. The van der Waals surface area contributed by atoms with E-state index in [1.54, 1.807) is 30.8 Å². The van der Waals surface area contributed by atoms with Gasteiger partial charge in [-0.05, 0) is 26.8 Å². The number of nitro groups is 1. The number of carbonyl (C=O) groups is 1. The van der Waals surface area contributed by atoms with Crippen LogP contribution in [0.25, 0.3) is 0 Å². The van der Waals surface area contributed by atoms with Crippen LogP contribution in [0.15, 0.2) is 18.5 Å². The molecule has 1 N–H and O–H groups in total. The van der Waals surface area contributed by atoms with Gasteiger partial charge in [-0.2, -0.15) is 15.3 Å². The van der Waals surface area contributed by atoms with E-state index < -0.39 is 4.92 Å². The second-order valence-electron chi connectivity index (χ2n) is 6.25. The summed E-state index contributed by atoms with van der Waals surface area (Å²) in [5.41, 5.74) is 2.81. The van der Waals surface area contributed by atoms with Crippen LogP contribution in [0.3, 0.4) is 0 Å². The molecule has 0 atom stereocenters. The molecule has 27 heavy (non-hydrogen) atoms. The van der Waals surface area contributed by atoms with E-state index in [1.807, 2.05) is 20.2 Å². The highest BCUT2D eigenvalue weighted by atomic mass is 16.6. The zero-order chi connectivity index (χ0) is 19.7. The fourth-order valence-corrected chi connectivity index (χ4v) is 2.88. The first-order valence-electron chi connectivity index (χ1n) is 8.25. The molecule has 142 valence electrons. The molecule has 1 amide bonds. The van der Waals surface area contributed by atoms with Gasteiger partial charge in [-0.25, -0.2) is 4.68 Å². The molecule has 0 unspecified atom stereocenters. The van der Waals surface area contributed by atoms with Crippen LogP contribution in [0, 0.1) is 30.9 Å². The van der Waals surface area contributed by atoms with Crippen LogP contribution in [0.2, 0.25) is 0 Å². The molecule has 3 heterocycles. The Hall–Kier alpha value is -3.50. The van der Waals surface area contributed by atoms with E-state index in [4.69, 9.17) is 0 Å². The Balaban J connectivity index is 1.68. The second-order valence-corrected chi connectivity index (χ2v) is 6.25. The third kappa shape index (κ3) is 3.71. The van der Waals surface area contributed by atoms with Crippen molar-refractivity contribution >= 4 is 11.6 Å². The van der Waals surface area contributed by atoms with E-state index in [-0.39, 0.29) is 24.0 Å². The minimum atomic E-state index is -0.448. The summed E-state index contributed by atoms with van der Waals surface area (Å²) in [6.45, 7) is 5.63. The van der Waals surface area contributed by atoms with Gasteiger partial charge < -0.3 is 5.32 Å². The highest BCUT2D eigenvalue weighted by Gasteiger charge is 2.22. The Kier molecular flexibility index (Phi) is 4.75. The van der Waals surface area contributed by atoms with E-state index in [0.717, 1.165) is 11.3 Å². The summed E-state index contributed by atoms with van der Waals surface area (Å²) < 4.78 is 4.69. The van der Waals surface area contributed by atoms with Gasteiger partial charge in [0.1, 0.15) is 23.8 Å². The minimum Gasteiger partial charge on any atom is -0.346 e. The Labute approximate surface area is 154 Å². The van der Waals surface area contributed by atoms with Gasteiger partial charge in [0.2, 0.25) is 0 Å². The maximum Gasteiger partial charge on any atom is 0.312 e. The van der Waals surface area contributed by atoms with Gasteiger partial charge in [-0.15, -0.1) is 0 Å². The molecule has 0 saturated heterocycles. The minimum absolute atomic E-state index is 0.00744. The molecular formula is C16H20N8O3. The molecule has 3 rings (SSSR count). The summed E-state index contributed by atoms with van der Waals surface area (Å²) in [4.78, 5) is 22.9. The van der Waals surface area contributed by atoms with Crippen molar-refractivity contribution in [2.24, 2.45) is 7.05 Å². The summed E-state index contributed by atoms with van der Waals surface area (Å²) in [6, 6.07) is 1.59. The number of aromatic nitrogens is 6. The SMILES string of the molecule is Cc1nn(C)cc1CNC(=O)c1ccn(Cn2nc(C)c([N+](=O)[O-])c2C)n1. The number of rotatable bonds is 6. The molecule has 11 nitrogen and oxygen atoms in total. The van der Waals surface area contributed by atoms with Crippen LogP contribution < -0.4 is 5.32 Å². The highest BCUT2D eigenvalue weighted by Crippen LogP contribution is 2.21. The lowest BCUT2D eigenvalue weighted by Crippen LogP contribution is -2.24. The van der Waals surface area contributed by atoms with Crippen LogP contribution in [0.5, 0.6) is 0 Å². The van der Waals surface area contributed by atoms with Crippen LogP contribution >= 0.6 is 0 Å². The Morgan fingerprint density at radius 3 is 2.56 bits per heavy atom. The Morgan fingerprint density at radius 1 is 1.22 bits per heavy atom. The van der Waals surface area contributed by atoms with E-state index >= 15 is 0 Å². The normalized spacial score (nSPS) is 11.0. The molecule has 0 aliphatic rings. The van der Waals surface area contributed by atoms with Crippen LogP contribution in [-0.4, -0.2) is 40.2 Å². The van der Waals surface area contributed by atoms with Crippen LogP contribution in [0.4, 0.5) is 5.69 Å². The average Bonchev–Trinajstić information content (AvgIpc) is 3.24. The molecular weight excluding hydrogens is 352 g/mol. The summed E-state index contributed by atoms with van der Waals surface area (Å²) >= 11 is 0. The van der Waals surface area contributed by atoms with Gasteiger partial charge in [0.05, 0.1) is 10.6 Å². The smallest absolute Gasteiger partial charge is 0.312 e. The van der Waals surface area contributed by atoms with Gasteiger partial charge in [-0.3, -0.25) is 24.3 Å². The number of nitrogens with zero attached hydrogens (tertiary/aromatic N) is 7. The van der Waals surface area contributed by atoms with Gasteiger partial charge >= 0.3 is 5.69 Å². The molecule has 0 spiro atoms. The van der Waals surface area contributed by atoms with Crippen molar-refractivity contribution < 1.29 is 9.72 Å². The standard InChI is InChI=1S/C16H20N8O3/c1-10-13(8-21(4)18-10)7-17-16(25)14-5-6-22(20-14)9-23-12(3)15(24(26)27)11(2)19-23/h5-6,8H,7,9H2,1-4H3,(H,17,25). The number of hydrogen-bond donors (Lipinski definition) is 1. The molecule has 0 saturated carbocycles. The van der Waals surface area contributed by atoms with Crippen LogP contribution in [-0.2, 0) is 20.3 Å². The lowest BCUT2D eigenvalue weighted by molar-refractivity contribution is -0.386. The molecule has 0 aromatic carbocycles. The van der Waals surface area contributed by atoms with E-state index in [2.05, 4.69) is 20.6 Å². The number of hydrogen-bond acceptors (Lipinski definition) is 6. The molecule has 3 aromatic rings. The van der Waals surface area contributed by atoms with Crippen molar-refractivity contribution in [1.29, 1.82) is 0 Å². The van der Waals surface area contributed by atoms with E-state index in [1.165, 1.54) is 9.36 Å². The Bertz CT molecular complexity index is 1010. The first kappa shape index (κ1) is 18.3. The number of amides is 1. The third-order valence-electron chi connectivity index (χ3n) is 4.23. The highest BCUT2D eigenvalue weighted by molar-refractivity contribution is 5.92. The summed E-state index contributed by atoms with van der Waals surface area (Å²) in [5, 5.41) is 26.5. The van der Waals surface area contributed by atoms with Gasteiger partial charge in [0, 0.05) is 31.5 Å². The Morgan fingerprint density at radius 2 is 1.96 bits per heavy atom. The first-order chi connectivity index (χ1) is 12.8. The quantitative estimate of drug-likeness (QED) is 0.510. The molecule has 0 aliphatic carbocycles. The molecule has 0 radical (unpaired) electrons. The topological polar surface area (TPSA) is 126 Å². The predicted octanol–water partition coefficient (Wildman–Crippen LogP) is 1.08. The molecule has 0 bridgehead atoms. The van der Waals surface area contributed by atoms with Crippen molar-refractivity contribution in [2.75, 3.05) is 0 Å². The summed E-state index contributed by atoms with van der Waals surface area (Å²) in [6.07, 6.45) is 3.48. The summed E-state index contributed by atoms with van der Waals surface area (Å²) in [5.74, 6) is -0.309. The molecule has 11 heteroatoms.